The monoisotopic (exact) mass is 1550 g/mol. The average Bonchev–Trinajstić information content (AvgIpc) is 0.906. The third-order valence-corrected chi connectivity index (χ3v) is 18.3. The first kappa shape index (κ1) is 102. The molecular weight excluding hydrogens is 1400 g/mol. The van der Waals surface area contributed by atoms with Crippen molar-refractivity contribution in [2.45, 2.75) is 316 Å². The first-order valence-corrected chi connectivity index (χ1v) is 44.0. The van der Waals surface area contributed by atoms with Crippen LogP contribution in [0.3, 0.4) is 0 Å². The van der Waals surface area contributed by atoms with Crippen LogP contribution in [0.15, 0.2) is 182 Å². The number of ether oxygens (including phenoxy) is 4. The highest BCUT2D eigenvalue weighted by Gasteiger charge is 2.30. The van der Waals surface area contributed by atoms with Gasteiger partial charge in [0.1, 0.15) is 19.3 Å². The van der Waals surface area contributed by atoms with E-state index in [9.17, 15) is 43.2 Å². The van der Waals surface area contributed by atoms with Crippen LogP contribution in [0.2, 0.25) is 0 Å². The van der Waals surface area contributed by atoms with Crippen LogP contribution in [-0.4, -0.2) is 96.7 Å². The van der Waals surface area contributed by atoms with E-state index in [1.54, 1.807) is 0 Å². The number of aliphatic hydroxyl groups is 1. The molecule has 3 N–H and O–H groups in total. The van der Waals surface area contributed by atoms with Crippen molar-refractivity contribution in [3.05, 3.63) is 182 Å². The molecular formula is C89H144O17P2. The Kier molecular flexibility index (Phi) is 75.0. The van der Waals surface area contributed by atoms with Crippen LogP contribution in [0.25, 0.3) is 0 Å². The molecule has 0 spiro atoms. The minimum absolute atomic E-state index is 0.0268. The van der Waals surface area contributed by atoms with Gasteiger partial charge in [-0.05, 0) is 167 Å². The highest BCUT2D eigenvalue weighted by Crippen LogP contribution is 2.45. The maximum Gasteiger partial charge on any atom is 0.472 e. The quantitative estimate of drug-likeness (QED) is 0.0169. The van der Waals surface area contributed by atoms with Gasteiger partial charge in [0.25, 0.3) is 0 Å². The molecule has 0 rings (SSSR count). The lowest BCUT2D eigenvalue weighted by molar-refractivity contribution is -0.161. The summed E-state index contributed by atoms with van der Waals surface area (Å²) in [6, 6.07) is 0. The van der Waals surface area contributed by atoms with E-state index in [0.717, 1.165) is 193 Å². The molecule has 0 aromatic rings. The summed E-state index contributed by atoms with van der Waals surface area (Å²) >= 11 is 0. The number of phosphoric ester groups is 2. The van der Waals surface area contributed by atoms with Gasteiger partial charge in [0.05, 0.1) is 26.4 Å². The molecule has 612 valence electrons. The second kappa shape index (κ2) is 79.3. The summed E-state index contributed by atoms with van der Waals surface area (Å²) in [5.41, 5.74) is 0. The normalized spacial score (nSPS) is 14.8. The topological polar surface area (TPSA) is 237 Å². The summed E-state index contributed by atoms with van der Waals surface area (Å²) in [5, 5.41) is 10.7. The SMILES string of the molecule is CC/C=C\C/C=C\C/C=C\C/C=C\C/C=C\C/C=C\CCC(=O)OCC(COP(=O)(O)OCC(O)COP(=O)(O)OCC(COC(=O)CCCCCC/C=C\C/C=C\C/C=C\C/C=C\CC)OC(=O)CCCCCCC/C=C\C/C=C\CCCCC)OC(=O)CCCCCCCCC/C=C\C/C=C\C/C=C\CC. The molecule has 0 saturated heterocycles. The van der Waals surface area contributed by atoms with Crippen molar-refractivity contribution in [1.29, 1.82) is 0 Å². The van der Waals surface area contributed by atoms with E-state index in [4.69, 9.17) is 37.0 Å². The predicted molar refractivity (Wildman–Crippen MR) is 445 cm³/mol. The molecule has 0 aliphatic heterocycles. The van der Waals surface area contributed by atoms with Gasteiger partial charge in [-0.3, -0.25) is 37.3 Å². The minimum Gasteiger partial charge on any atom is -0.462 e. The van der Waals surface area contributed by atoms with E-state index >= 15 is 0 Å². The Morgan fingerprint density at radius 2 is 0.500 bits per heavy atom. The number of esters is 4. The molecule has 5 unspecified atom stereocenters. The van der Waals surface area contributed by atoms with Crippen LogP contribution < -0.4 is 0 Å². The number of aliphatic hydroxyl groups excluding tert-OH is 1. The highest BCUT2D eigenvalue weighted by atomic mass is 31.2. The minimum atomic E-state index is -5.01. The van der Waals surface area contributed by atoms with Crippen molar-refractivity contribution in [3.8, 4) is 0 Å². The first-order chi connectivity index (χ1) is 52.7. The van der Waals surface area contributed by atoms with E-state index in [1.165, 1.54) is 19.3 Å². The molecule has 0 fully saturated rings. The zero-order valence-electron chi connectivity index (χ0n) is 66.9. The molecule has 17 nitrogen and oxygen atoms in total. The number of phosphoric acid groups is 2. The fraction of sp³-hybridized carbons (Fsp3) is 0.618. The van der Waals surface area contributed by atoms with Crippen LogP contribution >= 0.6 is 15.6 Å². The number of rotatable bonds is 75. The van der Waals surface area contributed by atoms with Crippen molar-refractivity contribution in [2.24, 2.45) is 0 Å². The van der Waals surface area contributed by atoms with Crippen molar-refractivity contribution < 1.29 is 80.2 Å². The number of hydrogen-bond donors (Lipinski definition) is 3. The molecule has 0 aromatic heterocycles. The lowest BCUT2D eigenvalue weighted by Gasteiger charge is -2.21. The number of carbonyl (C=O) groups is 4. The molecule has 0 heterocycles. The molecule has 0 saturated carbocycles. The molecule has 0 bridgehead atoms. The lowest BCUT2D eigenvalue weighted by Crippen LogP contribution is -2.30. The highest BCUT2D eigenvalue weighted by molar-refractivity contribution is 7.47. The third-order valence-electron chi connectivity index (χ3n) is 16.4. The maximum atomic E-state index is 13.1. The van der Waals surface area contributed by atoms with E-state index in [-0.39, 0.29) is 25.7 Å². The van der Waals surface area contributed by atoms with Crippen molar-refractivity contribution >= 4 is 39.5 Å². The Hall–Kier alpha value is -5.84. The van der Waals surface area contributed by atoms with Crippen molar-refractivity contribution in [3.63, 3.8) is 0 Å². The van der Waals surface area contributed by atoms with Gasteiger partial charge in [-0.25, -0.2) is 9.13 Å². The fourth-order valence-electron chi connectivity index (χ4n) is 10.2. The average molecular weight is 1550 g/mol. The predicted octanol–water partition coefficient (Wildman–Crippen LogP) is 24.3. The zero-order chi connectivity index (χ0) is 78.9. The summed E-state index contributed by atoms with van der Waals surface area (Å²) in [4.78, 5) is 73.1. The van der Waals surface area contributed by atoms with E-state index in [2.05, 4.69) is 192 Å². The molecule has 0 radical (unpaired) electrons. The number of unbranched alkanes of at least 4 members (excludes halogenated alkanes) is 19. The van der Waals surface area contributed by atoms with E-state index in [1.807, 2.05) is 18.2 Å². The van der Waals surface area contributed by atoms with E-state index < -0.39 is 97.5 Å². The van der Waals surface area contributed by atoms with Crippen LogP contribution in [0.4, 0.5) is 0 Å². The van der Waals surface area contributed by atoms with Gasteiger partial charge >= 0.3 is 39.5 Å². The zero-order valence-corrected chi connectivity index (χ0v) is 68.7. The Labute approximate surface area is 654 Å². The van der Waals surface area contributed by atoms with Gasteiger partial charge in [-0.15, -0.1) is 0 Å². The Balaban J connectivity index is 5.50. The molecule has 0 amide bonds. The van der Waals surface area contributed by atoms with Gasteiger partial charge < -0.3 is 33.8 Å². The molecule has 5 atom stereocenters. The van der Waals surface area contributed by atoms with Crippen LogP contribution in [0.1, 0.15) is 297 Å². The summed E-state index contributed by atoms with van der Waals surface area (Å²) in [5.74, 6) is -2.34. The van der Waals surface area contributed by atoms with E-state index in [0.29, 0.717) is 32.1 Å². The summed E-state index contributed by atoms with van der Waals surface area (Å²) in [6.07, 6.45) is 95.9. The van der Waals surface area contributed by atoms with Gasteiger partial charge in [0.2, 0.25) is 0 Å². The number of carbonyl (C=O) groups excluding carboxylic acids is 4. The molecule has 0 aliphatic carbocycles. The Bertz CT molecular complexity index is 2760. The molecule has 19 heteroatoms. The summed E-state index contributed by atoms with van der Waals surface area (Å²) < 4.78 is 68.6. The van der Waals surface area contributed by atoms with Crippen molar-refractivity contribution in [1.82, 2.24) is 0 Å². The molecule has 108 heavy (non-hydrogen) atoms. The number of allylic oxidation sites excluding steroid dienone is 30. The Morgan fingerprint density at radius 1 is 0.269 bits per heavy atom. The molecule has 0 aliphatic rings. The van der Waals surface area contributed by atoms with Crippen LogP contribution in [-0.2, 0) is 65.4 Å². The standard InChI is InChI=1S/C89H144O17P2/c1-5-9-13-17-21-25-29-33-37-40-41-44-47-50-54-58-62-66-70-74-87(92)100-80-85(106-89(94)76-72-68-64-60-56-52-48-43-39-35-31-27-23-19-15-11-7-3)82-104-108(97,98)102-78-83(90)77-101-107(95,96)103-81-84(105-88(93)75-71-67-63-59-55-51-45-36-32-28-24-20-16-12-8-4)79-99-86(91)73-69-65-61-57-53-49-46-42-38-34-30-26-22-18-14-10-6-2/h9-11,13-15,21-28,33-39,41,44-46,49-50,54,62,66,83-85,90H,5-8,12,16-20,29-32,40,42-43,47-48,51-53,55-61,63-65,67-82H2,1-4H3,(H,95,96)(H,97,98)/b13-9-,14-10-,15-11-,25-21-,26-22-,27-23-,28-24-,37-33-,38-34-,39-35-,44-41-,45-36-,49-46-,54-50-,66-62-. The summed E-state index contributed by atoms with van der Waals surface area (Å²) in [6.45, 7) is 4.36. The summed E-state index contributed by atoms with van der Waals surface area (Å²) in [7, 11) is -10.0. The third kappa shape index (κ3) is 78.3. The smallest absolute Gasteiger partial charge is 0.462 e. The van der Waals surface area contributed by atoms with Crippen molar-refractivity contribution in [2.75, 3.05) is 39.6 Å². The van der Waals surface area contributed by atoms with Crippen LogP contribution in [0.5, 0.6) is 0 Å². The fourth-order valence-corrected chi connectivity index (χ4v) is 11.8. The first-order valence-electron chi connectivity index (χ1n) is 41.0. The molecule has 0 aromatic carbocycles. The largest absolute Gasteiger partial charge is 0.472 e. The maximum absolute atomic E-state index is 13.1. The van der Waals surface area contributed by atoms with Gasteiger partial charge in [-0.2, -0.15) is 0 Å². The van der Waals surface area contributed by atoms with Gasteiger partial charge in [0, 0.05) is 25.7 Å². The number of hydrogen-bond acceptors (Lipinski definition) is 15. The second-order valence-electron chi connectivity index (χ2n) is 26.6. The van der Waals surface area contributed by atoms with Crippen LogP contribution in [0, 0.1) is 0 Å². The Morgan fingerprint density at radius 3 is 0.796 bits per heavy atom. The second-order valence-corrected chi connectivity index (χ2v) is 29.5. The lowest BCUT2D eigenvalue weighted by atomic mass is 10.1. The van der Waals surface area contributed by atoms with Gasteiger partial charge in [0.15, 0.2) is 12.2 Å². The van der Waals surface area contributed by atoms with Gasteiger partial charge in [-0.1, -0.05) is 287 Å².